The largest absolute Gasteiger partial charge is 0.493 e. The summed E-state index contributed by atoms with van der Waals surface area (Å²) >= 11 is 18.0. The average molecular weight is 426 g/mol. The van der Waals surface area contributed by atoms with Gasteiger partial charge in [-0.25, -0.2) is 0 Å². The third-order valence-corrected chi connectivity index (χ3v) is 4.05. The molecular formula is C19H15Cl3N2O3. The van der Waals surface area contributed by atoms with Crippen LogP contribution >= 0.6 is 34.8 Å². The van der Waals surface area contributed by atoms with E-state index in [1.165, 1.54) is 31.4 Å². The second-order valence-electron chi connectivity index (χ2n) is 5.25. The van der Waals surface area contributed by atoms with Crippen molar-refractivity contribution in [3.8, 4) is 17.6 Å². The first-order valence-electron chi connectivity index (χ1n) is 7.77. The molecule has 0 bridgehead atoms. The Kier molecular flexibility index (Phi) is 7.37. The van der Waals surface area contributed by atoms with E-state index >= 15 is 0 Å². The summed E-state index contributed by atoms with van der Waals surface area (Å²) in [6.07, 6.45) is 1.39. The first kappa shape index (κ1) is 20.9. The molecule has 0 aliphatic heterocycles. The number of hydrogen-bond donors (Lipinski definition) is 1. The van der Waals surface area contributed by atoms with Gasteiger partial charge in [-0.2, -0.15) is 5.26 Å². The lowest BCUT2D eigenvalue weighted by atomic mass is 10.1. The molecule has 5 nitrogen and oxygen atoms in total. The third-order valence-electron chi connectivity index (χ3n) is 3.34. The van der Waals surface area contributed by atoms with Crippen LogP contribution < -0.4 is 14.8 Å². The molecule has 2 aromatic carbocycles. The highest BCUT2D eigenvalue weighted by Crippen LogP contribution is 2.37. The standard InChI is InChI=1S/C19H15Cl3N2O3/c1-3-27-18-16(22)5-11(6-17(18)26-2)4-12(10-23)19(25)24-15-8-13(20)7-14(21)9-15/h4-9H,3H2,1-2H3,(H,24,25)/b12-4+. The van der Waals surface area contributed by atoms with E-state index in [1.807, 2.05) is 13.0 Å². The maximum atomic E-state index is 12.4. The molecule has 2 aromatic rings. The molecule has 8 heteroatoms. The second kappa shape index (κ2) is 9.52. The van der Waals surface area contributed by atoms with Crippen molar-refractivity contribution in [1.82, 2.24) is 0 Å². The average Bonchev–Trinajstić information content (AvgIpc) is 2.60. The molecule has 2 rings (SSSR count). The van der Waals surface area contributed by atoms with E-state index in [2.05, 4.69) is 5.32 Å². The molecule has 1 amide bonds. The number of halogens is 3. The summed E-state index contributed by atoms with van der Waals surface area (Å²) in [4.78, 5) is 12.4. The van der Waals surface area contributed by atoms with Crippen LogP contribution in [0.15, 0.2) is 35.9 Å². The zero-order chi connectivity index (χ0) is 20.0. The van der Waals surface area contributed by atoms with Crippen molar-refractivity contribution >= 4 is 52.5 Å². The smallest absolute Gasteiger partial charge is 0.266 e. The predicted octanol–water partition coefficient (Wildman–Crippen LogP) is 5.60. The van der Waals surface area contributed by atoms with Gasteiger partial charge in [-0.05, 0) is 48.9 Å². The van der Waals surface area contributed by atoms with E-state index in [1.54, 1.807) is 12.1 Å². The maximum absolute atomic E-state index is 12.4. The lowest BCUT2D eigenvalue weighted by molar-refractivity contribution is -0.112. The van der Waals surface area contributed by atoms with Crippen molar-refractivity contribution in [1.29, 1.82) is 5.26 Å². The molecule has 0 aliphatic carbocycles. The summed E-state index contributed by atoms with van der Waals surface area (Å²) in [5, 5.41) is 13.0. The number of hydrogen-bond acceptors (Lipinski definition) is 4. The molecule has 0 radical (unpaired) electrons. The summed E-state index contributed by atoms with van der Waals surface area (Å²) < 4.78 is 10.7. The zero-order valence-electron chi connectivity index (χ0n) is 14.5. The lowest BCUT2D eigenvalue weighted by Crippen LogP contribution is -2.13. The van der Waals surface area contributed by atoms with Crippen LogP contribution in [0.3, 0.4) is 0 Å². The molecule has 27 heavy (non-hydrogen) atoms. The number of nitrogens with one attached hydrogen (secondary N) is 1. The van der Waals surface area contributed by atoms with Gasteiger partial charge < -0.3 is 14.8 Å². The Morgan fingerprint density at radius 2 is 1.85 bits per heavy atom. The number of benzene rings is 2. The molecule has 0 atom stereocenters. The van der Waals surface area contributed by atoms with Crippen molar-refractivity contribution in [3.05, 3.63) is 56.5 Å². The highest BCUT2D eigenvalue weighted by atomic mass is 35.5. The fourth-order valence-corrected chi connectivity index (χ4v) is 3.05. The normalized spacial score (nSPS) is 10.9. The quantitative estimate of drug-likeness (QED) is 0.483. The highest BCUT2D eigenvalue weighted by molar-refractivity contribution is 6.35. The van der Waals surface area contributed by atoms with E-state index in [0.717, 1.165) is 0 Å². The van der Waals surface area contributed by atoms with Crippen LogP contribution in [0.5, 0.6) is 11.5 Å². The van der Waals surface area contributed by atoms with Crippen LogP contribution in [0.4, 0.5) is 5.69 Å². The first-order chi connectivity index (χ1) is 12.9. The van der Waals surface area contributed by atoms with Gasteiger partial charge in [0.2, 0.25) is 0 Å². The van der Waals surface area contributed by atoms with Gasteiger partial charge >= 0.3 is 0 Å². The number of amides is 1. The van der Waals surface area contributed by atoms with Crippen LogP contribution in [0.25, 0.3) is 6.08 Å². The van der Waals surface area contributed by atoms with Gasteiger partial charge in [0.15, 0.2) is 11.5 Å². The minimum absolute atomic E-state index is 0.131. The van der Waals surface area contributed by atoms with Crippen molar-refractivity contribution in [2.24, 2.45) is 0 Å². The summed E-state index contributed by atoms with van der Waals surface area (Å²) in [6.45, 7) is 2.24. The summed E-state index contributed by atoms with van der Waals surface area (Å²) in [6, 6.07) is 9.65. The van der Waals surface area contributed by atoms with Crippen LogP contribution in [0.2, 0.25) is 15.1 Å². The van der Waals surface area contributed by atoms with E-state index in [-0.39, 0.29) is 5.57 Å². The number of nitrogens with zero attached hydrogens (tertiary/aromatic N) is 1. The number of carbonyl (C=O) groups excluding carboxylic acids is 1. The summed E-state index contributed by atoms with van der Waals surface area (Å²) in [7, 11) is 1.47. The van der Waals surface area contributed by atoms with Gasteiger partial charge in [-0.1, -0.05) is 34.8 Å². The number of anilines is 1. The molecule has 0 spiro atoms. The number of methoxy groups -OCH3 is 1. The maximum Gasteiger partial charge on any atom is 0.266 e. The van der Waals surface area contributed by atoms with Crippen molar-refractivity contribution in [2.75, 3.05) is 19.0 Å². The Bertz CT molecular complexity index is 916. The monoisotopic (exact) mass is 424 g/mol. The SMILES string of the molecule is CCOc1c(Cl)cc(/C=C(\C#N)C(=O)Nc2cc(Cl)cc(Cl)c2)cc1OC. The second-order valence-corrected chi connectivity index (χ2v) is 6.53. The molecule has 0 heterocycles. The van der Waals surface area contributed by atoms with Gasteiger partial charge in [-0.3, -0.25) is 4.79 Å². The fraction of sp³-hybridized carbons (Fsp3) is 0.158. The van der Waals surface area contributed by atoms with Crippen LogP contribution in [0.1, 0.15) is 12.5 Å². The van der Waals surface area contributed by atoms with E-state index < -0.39 is 5.91 Å². The highest BCUT2D eigenvalue weighted by Gasteiger charge is 2.14. The van der Waals surface area contributed by atoms with Crippen LogP contribution in [-0.2, 0) is 4.79 Å². The Balaban J connectivity index is 2.33. The van der Waals surface area contributed by atoms with Crippen molar-refractivity contribution in [2.45, 2.75) is 6.92 Å². The molecule has 0 aliphatic rings. The first-order valence-corrected chi connectivity index (χ1v) is 8.90. The minimum Gasteiger partial charge on any atom is -0.493 e. The summed E-state index contributed by atoms with van der Waals surface area (Å²) in [5.74, 6) is 0.185. The molecule has 1 N–H and O–H groups in total. The fourth-order valence-electron chi connectivity index (χ4n) is 2.25. The van der Waals surface area contributed by atoms with Crippen LogP contribution in [-0.4, -0.2) is 19.6 Å². The number of rotatable bonds is 6. The summed E-state index contributed by atoms with van der Waals surface area (Å²) in [5.41, 5.74) is 0.755. The molecule has 0 aromatic heterocycles. The Morgan fingerprint density at radius 1 is 1.19 bits per heavy atom. The van der Waals surface area contributed by atoms with Crippen molar-refractivity contribution in [3.63, 3.8) is 0 Å². The van der Waals surface area contributed by atoms with Gasteiger partial charge in [0.25, 0.3) is 5.91 Å². The van der Waals surface area contributed by atoms with E-state index in [0.29, 0.717) is 44.4 Å². The van der Waals surface area contributed by atoms with E-state index in [9.17, 15) is 10.1 Å². The molecule has 140 valence electrons. The lowest BCUT2D eigenvalue weighted by Gasteiger charge is -2.12. The predicted molar refractivity (Wildman–Crippen MR) is 108 cm³/mol. The Morgan fingerprint density at radius 3 is 2.41 bits per heavy atom. The zero-order valence-corrected chi connectivity index (χ0v) is 16.7. The van der Waals surface area contributed by atoms with Crippen molar-refractivity contribution < 1.29 is 14.3 Å². The van der Waals surface area contributed by atoms with E-state index in [4.69, 9.17) is 44.3 Å². The third kappa shape index (κ3) is 5.54. The minimum atomic E-state index is -0.611. The number of nitriles is 1. The molecule has 0 saturated heterocycles. The van der Waals surface area contributed by atoms with Gasteiger partial charge in [-0.15, -0.1) is 0 Å². The van der Waals surface area contributed by atoms with Gasteiger partial charge in [0, 0.05) is 15.7 Å². The Labute approximate surface area is 172 Å². The molecule has 0 saturated carbocycles. The number of carbonyl (C=O) groups is 1. The number of ether oxygens (including phenoxy) is 2. The molecule has 0 unspecified atom stereocenters. The molecular weight excluding hydrogens is 411 g/mol. The van der Waals surface area contributed by atoms with Gasteiger partial charge in [0.05, 0.1) is 18.7 Å². The molecule has 0 fully saturated rings. The van der Waals surface area contributed by atoms with Gasteiger partial charge in [0.1, 0.15) is 11.6 Å². The van der Waals surface area contributed by atoms with Crippen LogP contribution in [0, 0.1) is 11.3 Å². The Hall–Kier alpha value is -2.39. The topological polar surface area (TPSA) is 71.3 Å².